The third-order valence-electron chi connectivity index (χ3n) is 5.89. The number of hydrogen-bond acceptors (Lipinski definition) is 4. The van der Waals surface area contributed by atoms with E-state index in [0.29, 0.717) is 12.8 Å². The molecule has 0 radical (unpaired) electrons. The van der Waals surface area contributed by atoms with Crippen LogP contribution >= 0.6 is 0 Å². The van der Waals surface area contributed by atoms with Crippen molar-refractivity contribution in [2.24, 2.45) is 5.92 Å². The second-order valence-corrected chi connectivity index (χ2v) is 10.6. The van der Waals surface area contributed by atoms with Gasteiger partial charge in [0.25, 0.3) is 10.1 Å². The van der Waals surface area contributed by atoms with E-state index in [1.165, 1.54) is 51.4 Å². The molecular formula is C26H44O4S. The Labute approximate surface area is 191 Å². The molecular weight excluding hydrogens is 408 g/mol. The zero-order valence-electron chi connectivity index (χ0n) is 20.0. The van der Waals surface area contributed by atoms with E-state index >= 15 is 0 Å². The number of carbonyl (C=O) groups is 1. The number of aryl methyl sites for hydroxylation is 1. The molecule has 0 spiro atoms. The van der Waals surface area contributed by atoms with Crippen LogP contribution in [0.5, 0.6) is 0 Å². The fraction of sp³-hybridized carbons (Fsp3) is 0.731. The lowest BCUT2D eigenvalue weighted by Gasteiger charge is -2.21. The smallest absolute Gasteiger partial charge is 0.297 e. The van der Waals surface area contributed by atoms with Gasteiger partial charge < -0.3 is 4.79 Å². The quantitative estimate of drug-likeness (QED) is 0.125. The Bertz CT molecular complexity index is 682. The van der Waals surface area contributed by atoms with Crippen molar-refractivity contribution in [1.82, 2.24) is 0 Å². The number of benzene rings is 1. The van der Waals surface area contributed by atoms with E-state index in [1.54, 1.807) is 24.3 Å². The van der Waals surface area contributed by atoms with Crippen LogP contribution in [0, 0.1) is 12.8 Å². The highest BCUT2D eigenvalue weighted by Gasteiger charge is 2.23. The van der Waals surface area contributed by atoms with E-state index in [1.807, 2.05) is 6.92 Å². The minimum Gasteiger partial charge on any atom is -0.303 e. The Morgan fingerprint density at radius 3 is 1.97 bits per heavy atom. The molecule has 1 rings (SSSR count). The number of hydrogen-bond donors (Lipinski definition) is 0. The molecule has 5 heteroatoms. The van der Waals surface area contributed by atoms with Crippen molar-refractivity contribution in [1.29, 1.82) is 0 Å². The number of aldehydes is 1. The minimum absolute atomic E-state index is 0.215. The van der Waals surface area contributed by atoms with Crippen LogP contribution in [0.15, 0.2) is 29.2 Å². The highest BCUT2D eigenvalue weighted by molar-refractivity contribution is 7.86. The average Bonchev–Trinajstić information content (AvgIpc) is 2.73. The summed E-state index contributed by atoms with van der Waals surface area (Å²) in [4.78, 5) is 10.9. The summed E-state index contributed by atoms with van der Waals surface area (Å²) in [6.07, 6.45) is 15.8. The first-order valence-electron chi connectivity index (χ1n) is 12.3. The van der Waals surface area contributed by atoms with Crippen molar-refractivity contribution >= 4 is 16.4 Å². The molecule has 1 aromatic carbocycles. The molecule has 0 fully saturated rings. The van der Waals surface area contributed by atoms with Gasteiger partial charge in [0.15, 0.2) is 0 Å². The van der Waals surface area contributed by atoms with Gasteiger partial charge in [-0.1, -0.05) is 95.8 Å². The second-order valence-electron chi connectivity index (χ2n) is 9.04. The summed E-state index contributed by atoms with van der Waals surface area (Å²) in [6, 6.07) is 6.80. The van der Waals surface area contributed by atoms with Crippen LogP contribution in [0.1, 0.15) is 109 Å². The van der Waals surface area contributed by atoms with Gasteiger partial charge >= 0.3 is 0 Å². The van der Waals surface area contributed by atoms with Crippen molar-refractivity contribution < 1.29 is 17.4 Å². The van der Waals surface area contributed by atoms with Crippen molar-refractivity contribution in [3.8, 4) is 0 Å². The summed E-state index contributed by atoms with van der Waals surface area (Å²) < 4.78 is 31.2. The maximum absolute atomic E-state index is 12.8. The number of rotatable bonds is 19. The maximum Gasteiger partial charge on any atom is 0.297 e. The summed E-state index contributed by atoms with van der Waals surface area (Å²) in [7, 11) is -3.77. The molecule has 1 unspecified atom stereocenters. The van der Waals surface area contributed by atoms with Gasteiger partial charge in [0.05, 0.1) is 11.0 Å². The molecule has 1 aromatic rings. The van der Waals surface area contributed by atoms with Crippen LogP contribution in [-0.4, -0.2) is 20.8 Å². The van der Waals surface area contributed by atoms with Crippen LogP contribution < -0.4 is 0 Å². The van der Waals surface area contributed by atoms with Crippen LogP contribution in [0.3, 0.4) is 0 Å². The zero-order chi connectivity index (χ0) is 23.0. The molecule has 2 atom stereocenters. The Morgan fingerprint density at radius 1 is 0.871 bits per heavy atom. The Morgan fingerprint density at radius 2 is 1.42 bits per heavy atom. The third-order valence-corrected chi connectivity index (χ3v) is 7.27. The second kappa shape index (κ2) is 16.4. The third kappa shape index (κ3) is 13.1. The minimum atomic E-state index is -3.77. The molecule has 0 aliphatic rings. The molecule has 31 heavy (non-hydrogen) atoms. The van der Waals surface area contributed by atoms with Crippen molar-refractivity contribution in [3.63, 3.8) is 0 Å². The van der Waals surface area contributed by atoms with E-state index in [2.05, 4.69) is 13.8 Å². The van der Waals surface area contributed by atoms with Crippen molar-refractivity contribution in [3.05, 3.63) is 29.8 Å². The van der Waals surface area contributed by atoms with E-state index < -0.39 is 10.1 Å². The lowest BCUT2D eigenvalue weighted by Crippen LogP contribution is -2.21. The summed E-state index contributed by atoms with van der Waals surface area (Å²) >= 11 is 0. The number of carbonyl (C=O) groups excluding carboxylic acids is 1. The summed E-state index contributed by atoms with van der Waals surface area (Å²) in [5, 5.41) is 0. The van der Waals surface area contributed by atoms with Gasteiger partial charge in [0.2, 0.25) is 0 Å². The van der Waals surface area contributed by atoms with Crippen LogP contribution in [0.4, 0.5) is 0 Å². The monoisotopic (exact) mass is 452 g/mol. The first-order chi connectivity index (χ1) is 14.9. The van der Waals surface area contributed by atoms with E-state index in [4.69, 9.17) is 4.18 Å². The highest BCUT2D eigenvalue weighted by Crippen LogP contribution is 2.24. The standard InChI is InChI=1S/C26H44O4S/c1-4-5-6-7-8-9-10-11-12-13-16-25(22-24(3)15-14-21-27)30-31(28,29)26-19-17-23(2)18-20-26/h17-21,24-25H,4-16,22H2,1-3H3/t24-,25?/m1/s1. The Kier molecular flexibility index (Phi) is 14.8. The van der Waals surface area contributed by atoms with Crippen LogP contribution in [-0.2, 0) is 19.1 Å². The van der Waals surface area contributed by atoms with Crippen molar-refractivity contribution in [2.75, 3.05) is 0 Å². The fourth-order valence-electron chi connectivity index (χ4n) is 3.92. The van der Waals surface area contributed by atoms with E-state index in [9.17, 15) is 13.2 Å². The maximum atomic E-state index is 12.8. The molecule has 0 aromatic heterocycles. The summed E-state index contributed by atoms with van der Waals surface area (Å²) in [5.41, 5.74) is 1.02. The number of unbranched alkanes of at least 4 members (excludes halogenated alkanes) is 9. The Hall–Kier alpha value is -1.20. The predicted octanol–water partition coefficient (Wildman–Crippen LogP) is 7.39. The molecule has 0 saturated heterocycles. The molecule has 0 saturated carbocycles. The molecule has 0 amide bonds. The van der Waals surface area contributed by atoms with Gasteiger partial charge in [0.1, 0.15) is 6.29 Å². The SMILES string of the molecule is CCCCCCCCCCCCC(C[C@H](C)CCC=O)OS(=O)(=O)c1ccc(C)cc1. The zero-order valence-corrected chi connectivity index (χ0v) is 20.8. The highest BCUT2D eigenvalue weighted by atomic mass is 32.2. The van der Waals surface area contributed by atoms with Gasteiger partial charge in [-0.2, -0.15) is 8.42 Å². The normalized spacial score (nSPS) is 13.8. The molecule has 0 bridgehead atoms. The van der Waals surface area contributed by atoms with Gasteiger partial charge in [-0.15, -0.1) is 0 Å². The first kappa shape index (κ1) is 27.8. The van der Waals surface area contributed by atoms with Crippen LogP contribution in [0.25, 0.3) is 0 Å². The summed E-state index contributed by atoms with van der Waals surface area (Å²) in [5.74, 6) is 0.256. The van der Waals surface area contributed by atoms with Gasteiger partial charge in [-0.3, -0.25) is 4.18 Å². The van der Waals surface area contributed by atoms with Crippen LogP contribution in [0.2, 0.25) is 0 Å². The van der Waals surface area contributed by atoms with Gasteiger partial charge in [0, 0.05) is 6.42 Å². The largest absolute Gasteiger partial charge is 0.303 e. The first-order valence-corrected chi connectivity index (χ1v) is 13.7. The molecule has 4 nitrogen and oxygen atoms in total. The molecule has 178 valence electrons. The average molecular weight is 453 g/mol. The lowest BCUT2D eigenvalue weighted by atomic mass is 9.95. The molecule has 0 heterocycles. The van der Waals surface area contributed by atoms with Gasteiger partial charge in [-0.05, 0) is 44.2 Å². The van der Waals surface area contributed by atoms with Gasteiger partial charge in [-0.25, -0.2) is 0 Å². The van der Waals surface area contributed by atoms with E-state index in [0.717, 1.165) is 37.5 Å². The fourth-order valence-corrected chi connectivity index (χ4v) is 5.04. The van der Waals surface area contributed by atoms with E-state index in [-0.39, 0.29) is 16.9 Å². The molecule has 0 N–H and O–H groups in total. The van der Waals surface area contributed by atoms with Crippen molar-refractivity contribution in [2.45, 2.75) is 122 Å². The lowest BCUT2D eigenvalue weighted by molar-refractivity contribution is -0.108. The predicted molar refractivity (Wildman–Crippen MR) is 129 cm³/mol. The Balaban J connectivity index is 2.48. The topological polar surface area (TPSA) is 60.4 Å². The molecule has 0 aliphatic heterocycles. The molecule has 0 aliphatic carbocycles. The summed E-state index contributed by atoms with van der Waals surface area (Å²) in [6.45, 7) is 6.24.